The number of aromatic nitrogens is 4. The standard InChI is InChI=1S/C27H34N6O5S/c1-36-21-12-11-18(15-22(21)37-2)26-29-31-33(30-26)17-24(34)32(16-20-9-5-13-38-20)25(23-10-6-14-39-23)27(35)28-19-7-3-4-8-19/h6,10-12,14-15,19-20,25H,3-5,7-9,13,16-17H2,1-2H3,(H,28,35)/t20-,25+/m1/s1. The number of benzene rings is 1. The van der Waals surface area contributed by atoms with Crippen LogP contribution in [-0.4, -0.2) is 76.4 Å². The van der Waals surface area contributed by atoms with Crippen LogP contribution in [0.4, 0.5) is 0 Å². The van der Waals surface area contributed by atoms with Gasteiger partial charge in [0.25, 0.3) is 0 Å². The molecule has 1 N–H and O–H groups in total. The van der Waals surface area contributed by atoms with Gasteiger partial charge in [-0.25, -0.2) is 0 Å². The Hall–Kier alpha value is -3.51. The average Bonchev–Trinajstić information content (AvgIpc) is 3.77. The zero-order valence-electron chi connectivity index (χ0n) is 22.2. The van der Waals surface area contributed by atoms with Gasteiger partial charge in [0.15, 0.2) is 11.5 Å². The monoisotopic (exact) mass is 554 g/mol. The Morgan fingerprint density at radius 2 is 1.97 bits per heavy atom. The van der Waals surface area contributed by atoms with E-state index in [4.69, 9.17) is 14.2 Å². The number of hydrogen-bond acceptors (Lipinski definition) is 9. The molecule has 0 bridgehead atoms. The Balaban J connectivity index is 1.38. The summed E-state index contributed by atoms with van der Waals surface area (Å²) in [5.74, 6) is 1.04. The third-order valence-corrected chi connectivity index (χ3v) is 8.11. The van der Waals surface area contributed by atoms with E-state index >= 15 is 0 Å². The molecule has 0 unspecified atom stereocenters. The molecule has 2 aliphatic rings. The van der Waals surface area contributed by atoms with Crippen LogP contribution in [0.15, 0.2) is 35.7 Å². The predicted molar refractivity (Wildman–Crippen MR) is 145 cm³/mol. The number of rotatable bonds is 11. The van der Waals surface area contributed by atoms with Crippen molar-refractivity contribution in [3.63, 3.8) is 0 Å². The molecular weight excluding hydrogens is 520 g/mol. The van der Waals surface area contributed by atoms with E-state index in [1.807, 2.05) is 17.5 Å². The van der Waals surface area contributed by atoms with Gasteiger partial charge in [0.2, 0.25) is 17.6 Å². The van der Waals surface area contributed by atoms with E-state index in [0.717, 1.165) is 43.4 Å². The number of hydrogen-bond donors (Lipinski definition) is 1. The first-order valence-electron chi connectivity index (χ1n) is 13.3. The lowest BCUT2D eigenvalue weighted by Gasteiger charge is -2.32. The van der Waals surface area contributed by atoms with Crippen molar-refractivity contribution >= 4 is 23.2 Å². The number of nitrogens with zero attached hydrogens (tertiary/aromatic N) is 5. The molecule has 12 heteroatoms. The lowest BCUT2D eigenvalue weighted by Crippen LogP contribution is -2.49. The lowest BCUT2D eigenvalue weighted by molar-refractivity contribution is -0.143. The van der Waals surface area contributed by atoms with Crippen LogP contribution in [0.25, 0.3) is 11.4 Å². The molecule has 1 aromatic carbocycles. The van der Waals surface area contributed by atoms with Crippen LogP contribution in [-0.2, 0) is 20.9 Å². The fourth-order valence-corrected chi connectivity index (χ4v) is 6.03. The quantitative estimate of drug-likeness (QED) is 0.384. The van der Waals surface area contributed by atoms with Gasteiger partial charge in [-0.05, 0) is 60.5 Å². The van der Waals surface area contributed by atoms with Crippen LogP contribution in [0.1, 0.15) is 49.4 Å². The highest BCUT2D eigenvalue weighted by Gasteiger charge is 2.36. The number of ether oxygens (including phenoxy) is 3. The van der Waals surface area contributed by atoms with Crippen LogP contribution in [0.2, 0.25) is 0 Å². The lowest BCUT2D eigenvalue weighted by atomic mass is 10.1. The summed E-state index contributed by atoms with van der Waals surface area (Å²) in [6.07, 6.45) is 5.79. The Labute approximate surface area is 231 Å². The summed E-state index contributed by atoms with van der Waals surface area (Å²) in [4.78, 5) is 31.2. The van der Waals surface area contributed by atoms with Crippen LogP contribution in [0.5, 0.6) is 11.5 Å². The van der Waals surface area contributed by atoms with E-state index in [1.165, 1.54) is 16.1 Å². The fraction of sp³-hybridized carbons (Fsp3) is 0.519. The van der Waals surface area contributed by atoms with Gasteiger partial charge in [0, 0.05) is 29.6 Å². The van der Waals surface area contributed by atoms with Gasteiger partial charge < -0.3 is 24.4 Å². The molecule has 2 aromatic heterocycles. The third-order valence-electron chi connectivity index (χ3n) is 7.19. The van der Waals surface area contributed by atoms with E-state index in [-0.39, 0.29) is 30.5 Å². The van der Waals surface area contributed by atoms with Gasteiger partial charge in [-0.3, -0.25) is 9.59 Å². The number of tetrazole rings is 1. The molecule has 1 saturated heterocycles. The van der Waals surface area contributed by atoms with Crippen molar-refractivity contribution in [2.24, 2.45) is 0 Å². The van der Waals surface area contributed by atoms with Gasteiger partial charge >= 0.3 is 0 Å². The zero-order valence-corrected chi connectivity index (χ0v) is 23.1. The maximum atomic E-state index is 13.8. The summed E-state index contributed by atoms with van der Waals surface area (Å²) in [6, 6.07) is 8.51. The molecule has 1 aliphatic carbocycles. The second-order valence-electron chi connectivity index (χ2n) is 9.80. The first-order chi connectivity index (χ1) is 19.1. The highest BCUT2D eigenvalue weighted by Crippen LogP contribution is 2.31. The first-order valence-corrected chi connectivity index (χ1v) is 14.2. The van der Waals surface area contributed by atoms with Gasteiger partial charge in [0.05, 0.1) is 20.3 Å². The first kappa shape index (κ1) is 27.1. The Kier molecular flexibility index (Phi) is 8.72. The smallest absolute Gasteiger partial charge is 0.248 e. The van der Waals surface area contributed by atoms with E-state index in [1.54, 1.807) is 37.3 Å². The number of carbonyl (C=O) groups is 2. The molecule has 208 valence electrons. The Morgan fingerprint density at radius 3 is 2.67 bits per heavy atom. The topological polar surface area (TPSA) is 121 Å². The third kappa shape index (κ3) is 6.39. The average molecular weight is 555 g/mol. The SMILES string of the molecule is COc1ccc(-c2nnn(CC(=O)N(C[C@H]3CCCO3)[C@H](C(=O)NC3CCCC3)c3cccs3)n2)cc1OC. The Bertz CT molecular complexity index is 1250. The molecule has 0 radical (unpaired) electrons. The number of nitrogens with one attached hydrogen (secondary N) is 1. The molecule has 3 aromatic rings. The second kappa shape index (κ2) is 12.6. The van der Waals surface area contributed by atoms with Crippen LogP contribution in [0.3, 0.4) is 0 Å². The summed E-state index contributed by atoms with van der Waals surface area (Å²) in [5, 5.41) is 17.8. The van der Waals surface area contributed by atoms with E-state index in [0.29, 0.717) is 36.0 Å². The number of carbonyl (C=O) groups excluding carboxylic acids is 2. The van der Waals surface area contributed by atoms with Crippen molar-refractivity contribution in [2.45, 2.75) is 63.3 Å². The van der Waals surface area contributed by atoms with Crippen molar-refractivity contribution in [3.8, 4) is 22.9 Å². The molecule has 39 heavy (non-hydrogen) atoms. The molecule has 1 saturated carbocycles. The van der Waals surface area contributed by atoms with Crippen molar-refractivity contribution in [1.82, 2.24) is 30.4 Å². The predicted octanol–water partition coefficient (Wildman–Crippen LogP) is 3.23. The minimum absolute atomic E-state index is 0.123. The molecule has 3 heterocycles. The van der Waals surface area contributed by atoms with Gasteiger partial charge in [-0.1, -0.05) is 18.9 Å². The number of thiophene rings is 1. The number of amides is 2. The number of methoxy groups -OCH3 is 2. The van der Waals surface area contributed by atoms with Gasteiger partial charge in [-0.15, -0.1) is 21.5 Å². The second-order valence-corrected chi connectivity index (χ2v) is 10.8. The van der Waals surface area contributed by atoms with E-state index < -0.39 is 6.04 Å². The highest BCUT2D eigenvalue weighted by atomic mass is 32.1. The largest absolute Gasteiger partial charge is 0.493 e. The van der Waals surface area contributed by atoms with Crippen molar-refractivity contribution in [3.05, 3.63) is 40.6 Å². The van der Waals surface area contributed by atoms with Gasteiger partial charge in [-0.2, -0.15) is 4.80 Å². The normalized spacial score (nSPS) is 18.2. The van der Waals surface area contributed by atoms with Crippen molar-refractivity contribution in [2.75, 3.05) is 27.4 Å². The van der Waals surface area contributed by atoms with Gasteiger partial charge in [0.1, 0.15) is 12.6 Å². The summed E-state index contributed by atoms with van der Waals surface area (Å²) in [6.45, 7) is 0.812. The van der Waals surface area contributed by atoms with Crippen LogP contribution in [0, 0.1) is 0 Å². The molecule has 2 atom stereocenters. The summed E-state index contributed by atoms with van der Waals surface area (Å²) < 4.78 is 16.6. The molecule has 2 fully saturated rings. The van der Waals surface area contributed by atoms with Crippen molar-refractivity contribution in [1.29, 1.82) is 0 Å². The molecular formula is C27H34N6O5S. The summed E-state index contributed by atoms with van der Waals surface area (Å²) in [5.41, 5.74) is 0.676. The summed E-state index contributed by atoms with van der Waals surface area (Å²) in [7, 11) is 3.12. The molecule has 0 spiro atoms. The highest BCUT2D eigenvalue weighted by molar-refractivity contribution is 7.10. The Morgan fingerprint density at radius 1 is 1.15 bits per heavy atom. The molecule has 1 aliphatic heterocycles. The van der Waals surface area contributed by atoms with Crippen LogP contribution < -0.4 is 14.8 Å². The van der Waals surface area contributed by atoms with E-state index in [2.05, 4.69) is 20.7 Å². The minimum atomic E-state index is -0.754. The van der Waals surface area contributed by atoms with E-state index in [9.17, 15) is 9.59 Å². The fourth-order valence-electron chi connectivity index (χ4n) is 5.19. The van der Waals surface area contributed by atoms with Crippen molar-refractivity contribution < 1.29 is 23.8 Å². The maximum absolute atomic E-state index is 13.8. The summed E-state index contributed by atoms with van der Waals surface area (Å²) >= 11 is 1.47. The molecule has 2 amide bonds. The molecule has 5 rings (SSSR count). The molecule has 11 nitrogen and oxygen atoms in total. The minimum Gasteiger partial charge on any atom is -0.493 e. The van der Waals surface area contributed by atoms with Crippen LogP contribution >= 0.6 is 11.3 Å². The zero-order chi connectivity index (χ0) is 27.2. The maximum Gasteiger partial charge on any atom is 0.248 e.